The first kappa shape index (κ1) is 11.7. The van der Waals surface area contributed by atoms with Crippen molar-refractivity contribution in [2.24, 2.45) is 0 Å². The minimum absolute atomic E-state index is 0.461. The van der Waals surface area contributed by atoms with Crippen LogP contribution in [0.25, 0.3) is 0 Å². The highest BCUT2D eigenvalue weighted by Crippen LogP contribution is 2.28. The van der Waals surface area contributed by atoms with Crippen molar-refractivity contribution in [3.05, 3.63) is 35.9 Å². The molecule has 2 heteroatoms. The molecule has 0 unspecified atom stereocenters. The summed E-state index contributed by atoms with van der Waals surface area (Å²) in [5.74, 6) is 1.50. The van der Waals surface area contributed by atoms with Crippen molar-refractivity contribution in [2.45, 2.75) is 43.1 Å². The van der Waals surface area contributed by atoms with Gasteiger partial charge in [0.1, 0.15) is 5.78 Å². The van der Waals surface area contributed by atoms with Crippen molar-refractivity contribution in [2.75, 3.05) is 0 Å². The lowest BCUT2D eigenvalue weighted by Crippen LogP contribution is -2.07. The van der Waals surface area contributed by atoms with Crippen molar-refractivity contribution >= 4 is 17.5 Å². The maximum atomic E-state index is 11.5. The zero-order chi connectivity index (χ0) is 11.2. The van der Waals surface area contributed by atoms with Crippen LogP contribution in [0.2, 0.25) is 0 Å². The fourth-order valence-electron chi connectivity index (χ4n) is 2.08. The summed E-state index contributed by atoms with van der Waals surface area (Å²) >= 11 is 1.95. The third-order valence-electron chi connectivity index (χ3n) is 3.02. The lowest BCUT2D eigenvalue weighted by molar-refractivity contribution is -0.118. The molecule has 1 saturated carbocycles. The second kappa shape index (κ2) is 6.09. The molecule has 0 saturated heterocycles. The summed E-state index contributed by atoms with van der Waals surface area (Å²) < 4.78 is 0. The average molecular weight is 234 g/mol. The van der Waals surface area contributed by atoms with Crippen LogP contribution in [0.4, 0.5) is 0 Å². The van der Waals surface area contributed by atoms with Gasteiger partial charge in [0.25, 0.3) is 0 Å². The Morgan fingerprint density at radius 2 is 2.00 bits per heavy atom. The summed E-state index contributed by atoms with van der Waals surface area (Å²) in [5, 5.41) is 0.551. The highest BCUT2D eigenvalue weighted by atomic mass is 32.2. The third-order valence-corrected chi connectivity index (χ3v) is 4.39. The summed E-state index contributed by atoms with van der Waals surface area (Å²) in [6, 6.07) is 10.5. The van der Waals surface area contributed by atoms with Gasteiger partial charge < -0.3 is 0 Å². The molecule has 1 aliphatic rings. The minimum atomic E-state index is 0.461. The predicted octanol–water partition coefficient (Wildman–Crippen LogP) is 3.82. The van der Waals surface area contributed by atoms with Crippen LogP contribution in [-0.2, 0) is 10.5 Å². The summed E-state index contributed by atoms with van der Waals surface area (Å²) in [5.41, 5.74) is 1.36. The topological polar surface area (TPSA) is 17.1 Å². The molecule has 0 spiro atoms. The van der Waals surface area contributed by atoms with E-state index in [9.17, 15) is 4.79 Å². The van der Waals surface area contributed by atoms with E-state index in [1.54, 1.807) is 0 Å². The zero-order valence-corrected chi connectivity index (χ0v) is 10.3. The van der Waals surface area contributed by atoms with E-state index < -0.39 is 0 Å². The molecule has 0 heterocycles. The molecule has 1 atom stereocenters. The number of thioether (sulfide) groups is 1. The molecule has 0 radical (unpaired) electrons. The van der Waals surface area contributed by atoms with E-state index in [1.165, 1.54) is 18.4 Å². The lowest BCUT2D eigenvalue weighted by Gasteiger charge is -2.12. The molecule has 0 amide bonds. The van der Waals surface area contributed by atoms with Crippen LogP contribution in [0.15, 0.2) is 30.3 Å². The SMILES string of the molecule is O=C1CCCC[C@H](SCc2ccccc2)C1. The van der Waals surface area contributed by atoms with Crippen molar-refractivity contribution in [3.63, 3.8) is 0 Å². The monoisotopic (exact) mass is 234 g/mol. The summed E-state index contributed by atoms with van der Waals surface area (Å²) in [6.07, 6.45) is 5.13. The average Bonchev–Trinajstić information content (AvgIpc) is 2.52. The number of Topliss-reactive ketones (excluding diaryl/α,β-unsaturated/α-hetero) is 1. The molecule has 0 aromatic heterocycles. The van der Waals surface area contributed by atoms with Crippen LogP contribution in [0.3, 0.4) is 0 Å². The number of rotatable bonds is 3. The molecule has 0 N–H and O–H groups in total. The fourth-order valence-corrected chi connectivity index (χ4v) is 3.34. The van der Waals surface area contributed by atoms with Gasteiger partial charge >= 0.3 is 0 Å². The highest BCUT2D eigenvalue weighted by molar-refractivity contribution is 7.99. The maximum Gasteiger partial charge on any atom is 0.134 e. The van der Waals surface area contributed by atoms with Gasteiger partial charge in [-0.25, -0.2) is 0 Å². The first-order chi connectivity index (χ1) is 7.84. The summed E-state index contributed by atoms with van der Waals surface area (Å²) in [7, 11) is 0. The molecule has 16 heavy (non-hydrogen) atoms. The van der Waals surface area contributed by atoms with E-state index in [4.69, 9.17) is 0 Å². The number of hydrogen-bond donors (Lipinski definition) is 0. The van der Waals surface area contributed by atoms with Crippen LogP contribution < -0.4 is 0 Å². The van der Waals surface area contributed by atoms with Gasteiger partial charge in [0.05, 0.1) is 0 Å². The number of ketones is 1. The van der Waals surface area contributed by atoms with Crippen molar-refractivity contribution < 1.29 is 4.79 Å². The number of benzene rings is 1. The maximum absolute atomic E-state index is 11.5. The largest absolute Gasteiger partial charge is 0.300 e. The van der Waals surface area contributed by atoms with Gasteiger partial charge in [0, 0.05) is 23.8 Å². The molecule has 1 nitrogen and oxygen atoms in total. The van der Waals surface area contributed by atoms with Gasteiger partial charge in [-0.2, -0.15) is 11.8 Å². The minimum Gasteiger partial charge on any atom is -0.300 e. The zero-order valence-electron chi connectivity index (χ0n) is 9.52. The van der Waals surface area contributed by atoms with Gasteiger partial charge in [-0.05, 0) is 18.4 Å². The third kappa shape index (κ3) is 3.67. The molecule has 1 fully saturated rings. The first-order valence-electron chi connectivity index (χ1n) is 6.02. The Labute approximate surface area is 102 Å². The Bertz CT molecular complexity index is 334. The van der Waals surface area contributed by atoms with E-state index in [-0.39, 0.29) is 0 Å². The second-order valence-electron chi connectivity index (χ2n) is 4.41. The van der Waals surface area contributed by atoms with Gasteiger partial charge in [-0.3, -0.25) is 4.79 Å². The first-order valence-corrected chi connectivity index (χ1v) is 7.07. The normalized spacial score (nSPS) is 21.8. The van der Waals surface area contributed by atoms with Crippen LogP contribution >= 0.6 is 11.8 Å². The van der Waals surface area contributed by atoms with Gasteiger partial charge in [-0.15, -0.1) is 0 Å². The van der Waals surface area contributed by atoms with Gasteiger partial charge in [0.2, 0.25) is 0 Å². The molecule has 86 valence electrons. The van der Waals surface area contributed by atoms with E-state index >= 15 is 0 Å². The van der Waals surface area contributed by atoms with Gasteiger partial charge in [-0.1, -0.05) is 36.8 Å². The molecule has 0 bridgehead atoms. The van der Waals surface area contributed by atoms with Crippen LogP contribution in [0.1, 0.15) is 37.7 Å². The number of carbonyl (C=O) groups excluding carboxylic acids is 1. The van der Waals surface area contributed by atoms with Crippen LogP contribution in [0, 0.1) is 0 Å². The molecule has 0 aliphatic heterocycles. The Kier molecular flexibility index (Phi) is 4.46. The van der Waals surface area contributed by atoms with E-state index in [2.05, 4.69) is 24.3 Å². The summed E-state index contributed by atoms with van der Waals surface area (Å²) in [6.45, 7) is 0. The fraction of sp³-hybridized carbons (Fsp3) is 0.500. The van der Waals surface area contributed by atoms with Crippen LogP contribution in [-0.4, -0.2) is 11.0 Å². The van der Waals surface area contributed by atoms with E-state index in [0.717, 1.165) is 25.0 Å². The molecular weight excluding hydrogens is 216 g/mol. The Morgan fingerprint density at radius 1 is 1.19 bits per heavy atom. The second-order valence-corrected chi connectivity index (χ2v) is 5.70. The Hall–Kier alpha value is -0.760. The molecule has 1 aromatic carbocycles. The van der Waals surface area contributed by atoms with Gasteiger partial charge in [0.15, 0.2) is 0 Å². The number of carbonyl (C=O) groups is 1. The highest BCUT2D eigenvalue weighted by Gasteiger charge is 2.17. The van der Waals surface area contributed by atoms with E-state index in [1.807, 2.05) is 17.8 Å². The van der Waals surface area contributed by atoms with Crippen molar-refractivity contribution in [1.29, 1.82) is 0 Å². The Balaban J connectivity index is 1.83. The molecule has 2 rings (SSSR count). The van der Waals surface area contributed by atoms with Crippen LogP contribution in [0.5, 0.6) is 0 Å². The standard InChI is InChI=1S/C14H18OS/c15-13-8-4-5-9-14(10-13)16-11-12-6-2-1-3-7-12/h1-3,6-7,14H,4-5,8-11H2/t14-/m0/s1. The van der Waals surface area contributed by atoms with Crippen molar-refractivity contribution in [3.8, 4) is 0 Å². The predicted molar refractivity (Wildman–Crippen MR) is 69.6 cm³/mol. The van der Waals surface area contributed by atoms with Crippen molar-refractivity contribution in [1.82, 2.24) is 0 Å². The number of hydrogen-bond acceptors (Lipinski definition) is 2. The lowest BCUT2D eigenvalue weighted by atomic mass is 10.2. The van der Waals surface area contributed by atoms with E-state index in [0.29, 0.717) is 11.0 Å². The Morgan fingerprint density at radius 3 is 2.81 bits per heavy atom. The molecule has 1 aliphatic carbocycles. The molecular formula is C14H18OS. The quantitative estimate of drug-likeness (QED) is 0.740. The summed E-state index contributed by atoms with van der Waals surface area (Å²) in [4.78, 5) is 11.5. The smallest absolute Gasteiger partial charge is 0.134 e. The molecule has 1 aromatic rings.